The Kier molecular flexibility index (Phi) is 10.5. The minimum atomic E-state index is -3.89. The predicted octanol–water partition coefficient (Wildman–Crippen LogP) is 1.61. The van der Waals surface area contributed by atoms with E-state index in [1.54, 1.807) is 4.90 Å². The van der Waals surface area contributed by atoms with E-state index in [-0.39, 0.29) is 25.4 Å². The maximum absolute atomic E-state index is 14.4. The van der Waals surface area contributed by atoms with Crippen LogP contribution in [0, 0.1) is 5.92 Å². The molecule has 282 valence electrons. The molecule has 15 nitrogen and oxygen atoms in total. The van der Waals surface area contributed by atoms with E-state index in [0.29, 0.717) is 71.2 Å². The number of benzene rings is 1. The Morgan fingerprint density at radius 2 is 1.81 bits per heavy atom. The van der Waals surface area contributed by atoms with Crippen LogP contribution in [0.2, 0.25) is 0 Å². The van der Waals surface area contributed by atoms with E-state index in [2.05, 4.69) is 20.7 Å². The van der Waals surface area contributed by atoms with Gasteiger partial charge in [-0.15, -0.1) is 0 Å². The number of nitrogens with zero attached hydrogens (tertiary/aromatic N) is 2. The number of ether oxygens (including phenoxy) is 2. The summed E-state index contributed by atoms with van der Waals surface area (Å²) < 4.78 is 39.1. The molecule has 2 saturated carbocycles. The molecular weight excluding hydrogens is 692 g/mol. The fourth-order valence-corrected chi connectivity index (χ4v) is 9.11. The van der Waals surface area contributed by atoms with E-state index < -0.39 is 74.8 Å². The number of allylic oxidation sites excluding steroid dienone is 1. The lowest BCUT2D eigenvalue weighted by atomic mass is 10.0. The smallest absolute Gasteiger partial charge is 0.410 e. The SMILES string of the molecule is O=C(NC1CCOC1)N[C@H]1CCCCCC=C[C@@H]2C[C@@]2(C(=O)NS(=O)(=O)C2CC2)NC(=O)[C@@H]2C[C@@H](OC(=O)N3CCc4ccccc4C3)CN2C1=O. The van der Waals surface area contributed by atoms with Crippen LogP contribution in [0.4, 0.5) is 9.59 Å². The van der Waals surface area contributed by atoms with E-state index in [1.807, 2.05) is 36.4 Å². The molecule has 1 unspecified atom stereocenters. The number of amides is 6. The zero-order valence-electron chi connectivity index (χ0n) is 29.2. The lowest BCUT2D eigenvalue weighted by Gasteiger charge is -2.30. The highest BCUT2D eigenvalue weighted by atomic mass is 32.2. The lowest BCUT2D eigenvalue weighted by Crippen LogP contribution is -2.59. The van der Waals surface area contributed by atoms with Crippen LogP contribution in [0.3, 0.4) is 0 Å². The Morgan fingerprint density at radius 3 is 2.58 bits per heavy atom. The van der Waals surface area contributed by atoms with Gasteiger partial charge in [-0.2, -0.15) is 0 Å². The molecule has 2 saturated heterocycles. The molecule has 0 aromatic heterocycles. The number of nitrogens with one attached hydrogen (secondary N) is 4. The van der Waals surface area contributed by atoms with E-state index in [4.69, 9.17) is 9.47 Å². The first-order valence-electron chi connectivity index (χ1n) is 18.5. The van der Waals surface area contributed by atoms with Crippen LogP contribution in [-0.2, 0) is 46.8 Å². The molecule has 16 heteroatoms. The molecule has 2 aliphatic carbocycles. The van der Waals surface area contributed by atoms with Gasteiger partial charge in [0.05, 0.1) is 24.4 Å². The molecule has 4 heterocycles. The van der Waals surface area contributed by atoms with Crippen molar-refractivity contribution in [2.24, 2.45) is 5.92 Å². The largest absolute Gasteiger partial charge is 0.444 e. The van der Waals surface area contributed by atoms with Gasteiger partial charge < -0.3 is 35.2 Å². The fourth-order valence-electron chi connectivity index (χ4n) is 7.75. The summed E-state index contributed by atoms with van der Waals surface area (Å²) in [6.45, 7) is 1.64. The highest BCUT2D eigenvalue weighted by Crippen LogP contribution is 2.46. The monoisotopic (exact) mass is 740 g/mol. The van der Waals surface area contributed by atoms with Gasteiger partial charge in [-0.05, 0) is 62.5 Å². The molecule has 0 bridgehead atoms. The van der Waals surface area contributed by atoms with Crippen LogP contribution in [0.25, 0.3) is 0 Å². The van der Waals surface area contributed by atoms with Crippen molar-refractivity contribution >= 4 is 39.9 Å². The second kappa shape index (κ2) is 15.0. The first-order chi connectivity index (χ1) is 25.0. The van der Waals surface area contributed by atoms with Crippen molar-refractivity contribution in [3.63, 3.8) is 0 Å². The molecule has 4 N–H and O–H groups in total. The number of sulfonamides is 1. The molecule has 6 atom stereocenters. The third-order valence-electron chi connectivity index (χ3n) is 11.1. The van der Waals surface area contributed by atoms with Crippen LogP contribution in [0.15, 0.2) is 36.4 Å². The van der Waals surface area contributed by atoms with Crippen molar-refractivity contribution in [2.45, 2.75) is 112 Å². The Hall–Kier alpha value is -4.18. The van der Waals surface area contributed by atoms with Crippen LogP contribution in [0.1, 0.15) is 75.3 Å². The predicted molar refractivity (Wildman–Crippen MR) is 187 cm³/mol. The van der Waals surface area contributed by atoms with E-state index in [1.165, 1.54) is 10.5 Å². The van der Waals surface area contributed by atoms with Gasteiger partial charge in [0.1, 0.15) is 23.7 Å². The highest BCUT2D eigenvalue weighted by molar-refractivity contribution is 7.91. The summed E-state index contributed by atoms with van der Waals surface area (Å²) in [7, 11) is -3.89. The standard InChI is InChI=1S/C36H48N6O9S/c43-31-30-18-27(51-35(47)41-16-14-23-8-6-7-9-24(23)20-41)21-42(30)32(44)29(38-34(46)37-26-15-17-50-22-26)11-5-3-1-2-4-10-25-19-36(25,39-31)33(45)40-52(48,49)28-12-13-28/h4,6-10,25-30H,1-3,5,11-22H2,(H,39,43)(H,40,45)(H2,37,38,46)/t25-,26?,27-,29+,30+,36-/m1/s1. The second-order valence-corrected chi connectivity index (χ2v) is 16.9. The molecule has 6 aliphatic rings. The minimum Gasteiger partial charge on any atom is -0.444 e. The molecule has 1 aromatic carbocycles. The van der Waals surface area contributed by atoms with Crippen molar-refractivity contribution in [2.75, 3.05) is 26.3 Å². The van der Waals surface area contributed by atoms with Gasteiger partial charge >= 0.3 is 12.1 Å². The molecule has 0 radical (unpaired) electrons. The van der Waals surface area contributed by atoms with E-state index >= 15 is 0 Å². The number of hydrogen-bond acceptors (Lipinski definition) is 9. The number of urea groups is 1. The topological polar surface area (TPSA) is 193 Å². The zero-order chi connectivity index (χ0) is 36.5. The number of rotatable bonds is 6. The van der Waals surface area contributed by atoms with Crippen LogP contribution >= 0.6 is 0 Å². The van der Waals surface area contributed by atoms with Crippen molar-refractivity contribution in [3.8, 4) is 0 Å². The molecule has 0 spiro atoms. The first kappa shape index (κ1) is 36.2. The van der Waals surface area contributed by atoms with Gasteiger partial charge in [0.15, 0.2) is 0 Å². The fraction of sp³-hybridized carbons (Fsp3) is 0.639. The summed E-state index contributed by atoms with van der Waals surface area (Å²) in [6.07, 6.45) is 8.03. The van der Waals surface area contributed by atoms with Crippen LogP contribution in [0.5, 0.6) is 0 Å². The third-order valence-corrected chi connectivity index (χ3v) is 12.9. The molecule has 6 amide bonds. The average molecular weight is 741 g/mol. The molecule has 4 aliphatic heterocycles. The maximum atomic E-state index is 14.4. The number of carbonyl (C=O) groups is 5. The Morgan fingerprint density at radius 1 is 1.00 bits per heavy atom. The summed E-state index contributed by atoms with van der Waals surface area (Å²) >= 11 is 0. The van der Waals surface area contributed by atoms with Gasteiger partial charge in [0.2, 0.25) is 21.8 Å². The second-order valence-electron chi connectivity index (χ2n) is 14.9. The maximum Gasteiger partial charge on any atom is 0.410 e. The Balaban J connectivity index is 1.12. The molecule has 52 heavy (non-hydrogen) atoms. The van der Waals surface area contributed by atoms with Gasteiger partial charge in [-0.25, -0.2) is 18.0 Å². The van der Waals surface area contributed by atoms with Crippen LogP contribution in [-0.4, -0.2) is 109 Å². The van der Waals surface area contributed by atoms with Gasteiger partial charge in [-0.1, -0.05) is 49.3 Å². The number of fused-ring (bicyclic) bond motifs is 3. The highest BCUT2D eigenvalue weighted by Gasteiger charge is 2.62. The average Bonchev–Trinajstić information content (AvgIpc) is 4.00. The van der Waals surface area contributed by atoms with Crippen molar-refractivity contribution in [1.29, 1.82) is 0 Å². The number of carbonyl (C=O) groups excluding carboxylic acids is 5. The van der Waals surface area contributed by atoms with Gasteiger partial charge in [-0.3, -0.25) is 19.1 Å². The van der Waals surface area contributed by atoms with Crippen LogP contribution < -0.4 is 20.7 Å². The molecule has 4 fully saturated rings. The Bertz CT molecular complexity index is 1710. The zero-order valence-corrected chi connectivity index (χ0v) is 30.0. The molecular formula is C36H48N6O9S. The van der Waals surface area contributed by atoms with E-state index in [0.717, 1.165) is 18.4 Å². The Labute approximate surface area is 303 Å². The summed E-state index contributed by atoms with van der Waals surface area (Å²) in [4.78, 5) is 71.7. The first-order valence-corrected chi connectivity index (χ1v) is 20.1. The van der Waals surface area contributed by atoms with Gasteiger partial charge in [0, 0.05) is 32.0 Å². The summed E-state index contributed by atoms with van der Waals surface area (Å²) in [5.41, 5.74) is 0.678. The van der Waals surface area contributed by atoms with Crippen molar-refractivity contribution in [3.05, 3.63) is 47.5 Å². The van der Waals surface area contributed by atoms with Crippen molar-refractivity contribution in [1.82, 2.24) is 30.5 Å². The number of hydrogen-bond donors (Lipinski definition) is 4. The summed E-state index contributed by atoms with van der Waals surface area (Å²) in [6, 6.07) is 5.06. The van der Waals surface area contributed by atoms with E-state index in [9.17, 15) is 32.4 Å². The quantitative estimate of drug-likeness (QED) is 0.314. The summed E-state index contributed by atoms with van der Waals surface area (Å²) in [5, 5.41) is 7.90. The van der Waals surface area contributed by atoms with Crippen molar-refractivity contribution < 1.29 is 41.9 Å². The minimum absolute atomic E-state index is 0.0371. The normalized spacial score (nSPS) is 30.8. The lowest BCUT2D eigenvalue weighted by molar-refractivity contribution is -0.141. The molecule has 1 aromatic rings. The third kappa shape index (κ3) is 8.07. The molecule has 7 rings (SSSR count). The summed E-state index contributed by atoms with van der Waals surface area (Å²) in [5.74, 6) is -2.40. The van der Waals surface area contributed by atoms with Gasteiger partial charge in [0.25, 0.3) is 5.91 Å².